The van der Waals surface area contributed by atoms with Crippen molar-refractivity contribution in [2.75, 3.05) is 40.9 Å². The second-order valence-corrected chi connectivity index (χ2v) is 23.1. The number of hydrogen-bond acceptors (Lipinski definition) is 6. The monoisotopic (exact) mass is 981 g/mol. The van der Waals surface area contributed by atoms with Gasteiger partial charge in [-0.25, -0.2) is 0 Å². The summed E-state index contributed by atoms with van der Waals surface area (Å²) in [5.41, 5.74) is 0. The molecule has 0 fully saturated rings. The van der Waals surface area contributed by atoms with Crippen LogP contribution in [0.5, 0.6) is 0 Å². The number of hydrogen-bond donors (Lipinski definition) is 2. The van der Waals surface area contributed by atoms with Gasteiger partial charge >= 0.3 is 0 Å². The van der Waals surface area contributed by atoms with Crippen molar-refractivity contribution in [3.63, 3.8) is 0 Å². The van der Waals surface area contributed by atoms with Crippen LogP contribution in [0, 0.1) is 0 Å². The van der Waals surface area contributed by atoms with Crippen LogP contribution >= 0.6 is 7.82 Å². The van der Waals surface area contributed by atoms with Gasteiger partial charge in [-0.3, -0.25) is 9.36 Å². The van der Waals surface area contributed by atoms with E-state index in [2.05, 4.69) is 31.3 Å². The third-order valence-electron chi connectivity index (χ3n) is 13.7. The fraction of sp³-hybridized carbons (Fsp3) is 0.915. The van der Waals surface area contributed by atoms with Gasteiger partial charge in [0, 0.05) is 6.42 Å². The maximum Gasteiger partial charge on any atom is 0.268 e. The highest BCUT2D eigenvalue weighted by molar-refractivity contribution is 7.45. The molecule has 0 aromatic rings. The van der Waals surface area contributed by atoms with Gasteiger partial charge in [-0.1, -0.05) is 269 Å². The van der Waals surface area contributed by atoms with Crippen LogP contribution in [0.15, 0.2) is 24.3 Å². The normalized spacial score (nSPS) is 14.0. The molecule has 2 N–H and O–H groups in total. The van der Waals surface area contributed by atoms with Gasteiger partial charge < -0.3 is 28.8 Å². The molecule has 3 atom stereocenters. The van der Waals surface area contributed by atoms with Crippen molar-refractivity contribution in [1.29, 1.82) is 0 Å². The number of nitrogens with one attached hydrogen (secondary N) is 1. The van der Waals surface area contributed by atoms with Crippen molar-refractivity contribution < 1.29 is 32.9 Å². The number of phosphoric ester groups is 1. The van der Waals surface area contributed by atoms with Crippen LogP contribution in [0.4, 0.5) is 0 Å². The summed E-state index contributed by atoms with van der Waals surface area (Å²) in [4.78, 5) is 25.5. The molecule has 0 radical (unpaired) electrons. The lowest BCUT2D eigenvalue weighted by Crippen LogP contribution is -2.45. The summed E-state index contributed by atoms with van der Waals surface area (Å²) in [6.07, 6.45) is 64.1. The van der Waals surface area contributed by atoms with E-state index in [9.17, 15) is 19.4 Å². The number of quaternary nitrogens is 1. The lowest BCUT2D eigenvalue weighted by atomic mass is 10.0. The minimum absolute atomic E-state index is 0.00102. The van der Waals surface area contributed by atoms with E-state index < -0.39 is 20.0 Å². The third-order valence-corrected chi connectivity index (χ3v) is 14.6. The number of aliphatic hydroxyl groups is 1. The molecule has 0 aromatic carbocycles. The highest BCUT2D eigenvalue weighted by atomic mass is 31.2. The van der Waals surface area contributed by atoms with Gasteiger partial charge in [0.1, 0.15) is 13.2 Å². The summed E-state index contributed by atoms with van der Waals surface area (Å²) in [7, 11) is 1.27. The van der Waals surface area contributed by atoms with Crippen molar-refractivity contribution in [2.45, 2.75) is 309 Å². The zero-order valence-corrected chi connectivity index (χ0v) is 47.0. The van der Waals surface area contributed by atoms with Crippen molar-refractivity contribution in [1.82, 2.24) is 5.32 Å². The molecule has 0 bridgehead atoms. The second-order valence-electron chi connectivity index (χ2n) is 21.7. The van der Waals surface area contributed by atoms with Crippen molar-refractivity contribution in [3.8, 4) is 0 Å². The number of unbranched alkanes of at least 4 members (excludes halogenated alkanes) is 40. The molecule has 0 aromatic heterocycles. The Balaban J connectivity index is 4.11. The molecule has 0 rings (SSSR count). The van der Waals surface area contributed by atoms with Crippen molar-refractivity contribution in [2.24, 2.45) is 0 Å². The van der Waals surface area contributed by atoms with Crippen LogP contribution in [0.2, 0.25) is 0 Å². The molecule has 404 valence electrons. The molecular formula is C59H117N2O6P. The Kier molecular flexibility index (Phi) is 50.1. The predicted molar refractivity (Wildman–Crippen MR) is 293 cm³/mol. The van der Waals surface area contributed by atoms with E-state index in [0.717, 1.165) is 51.4 Å². The molecule has 0 saturated carbocycles. The maximum atomic E-state index is 12.9. The molecule has 0 spiro atoms. The highest BCUT2D eigenvalue weighted by Crippen LogP contribution is 2.38. The van der Waals surface area contributed by atoms with Gasteiger partial charge in [0.15, 0.2) is 0 Å². The number of carbonyl (C=O) groups excluding carboxylic acids is 1. The molecule has 8 nitrogen and oxygen atoms in total. The van der Waals surface area contributed by atoms with E-state index in [1.807, 2.05) is 27.2 Å². The van der Waals surface area contributed by atoms with Gasteiger partial charge in [-0.15, -0.1) is 0 Å². The van der Waals surface area contributed by atoms with Crippen LogP contribution in [0.3, 0.4) is 0 Å². The highest BCUT2D eigenvalue weighted by Gasteiger charge is 2.23. The Morgan fingerprint density at radius 3 is 1.15 bits per heavy atom. The van der Waals surface area contributed by atoms with Crippen molar-refractivity contribution >= 4 is 13.7 Å². The fourth-order valence-corrected chi connectivity index (χ4v) is 9.70. The number of aliphatic hydroxyl groups excluding tert-OH is 1. The van der Waals surface area contributed by atoms with Crippen LogP contribution in [0.25, 0.3) is 0 Å². The smallest absolute Gasteiger partial charge is 0.268 e. The molecule has 0 aliphatic rings. The number of phosphoric acid groups is 1. The zero-order valence-electron chi connectivity index (χ0n) is 46.1. The fourth-order valence-electron chi connectivity index (χ4n) is 8.97. The summed E-state index contributed by atoms with van der Waals surface area (Å²) in [6.45, 7) is 4.68. The van der Waals surface area contributed by atoms with Gasteiger partial charge in [-0.2, -0.15) is 0 Å². The first-order chi connectivity index (χ1) is 33.0. The van der Waals surface area contributed by atoms with E-state index in [0.29, 0.717) is 17.4 Å². The number of allylic oxidation sites excluding steroid dienone is 3. The minimum atomic E-state index is -4.60. The summed E-state index contributed by atoms with van der Waals surface area (Å²) >= 11 is 0. The molecule has 68 heavy (non-hydrogen) atoms. The molecule has 0 aliphatic carbocycles. The summed E-state index contributed by atoms with van der Waals surface area (Å²) in [5.74, 6) is -0.202. The number of nitrogens with zero attached hydrogens (tertiary/aromatic N) is 1. The van der Waals surface area contributed by atoms with Gasteiger partial charge in [0.2, 0.25) is 5.91 Å². The van der Waals surface area contributed by atoms with Gasteiger partial charge in [0.05, 0.1) is 39.9 Å². The van der Waals surface area contributed by atoms with E-state index in [-0.39, 0.29) is 19.1 Å². The van der Waals surface area contributed by atoms with E-state index in [1.54, 1.807) is 6.08 Å². The molecule has 3 unspecified atom stereocenters. The van der Waals surface area contributed by atoms with Crippen LogP contribution in [-0.4, -0.2) is 68.5 Å². The first-order valence-electron chi connectivity index (χ1n) is 29.7. The lowest BCUT2D eigenvalue weighted by Gasteiger charge is -2.29. The number of likely N-dealkylation sites (N-methyl/N-ethyl adjacent to an activating group) is 1. The zero-order chi connectivity index (χ0) is 49.9. The van der Waals surface area contributed by atoms with Crippen LogP contribution < -0.4 is 10.2 Å². The number of rotatable bonds is 55. The average molecular weight is 982 g/mol. The predicted octanol–water partition coefficient (Wildman–Crippen LogP) is 17.4. The minimum Gasteiger partial charge on any atom is -0.756 e. The number of amides is 1. The third kappa shape index (κ3) is 52.8. The first kappa shape index (κ1) is 67.0. The second kappa shape index (κ2) is 50.9. The van der Waals surface area contributed by atoms with E-state index in [4.69, 9.17) is 9.05 Å². The standard InChI is InChI=1S/C59H117N2O6P/c1-6-8-10-12-14-16-18-20-22-24-25-26-27-28-29-30-31-32-33-34-35-36-37-38-40-42-44-46-48-50-52-58(62)57(56-67-68(64,65)66-55-54-61(3,4)5)60-59(63)53-51-49-47-45-43-41-39-23-21-19-17-15-13-11-9-7-2/h23,39,50,52,57-58,62H,6-22,24-38,40-49,51,53-56H2,1-5H3,(H-,60,63,64,65)/b39-23-,52-50+. The maximum absolute atomic E-state index is 12.9. The van der Waals surface area contributed by atoms with E-state index in [1.165, 1.54) is 225 Å². The quantitative estimate of drug-likeness (QED) is 0.0272. The van der Waals surface area contributed by atoms with Gasteiger partial charge in [0.25, 0.3) is 7.82 Å². The molecule has 0 heterocycles. The summed E-state index contributed by atoms with van der Waals surface area (Å²) in [6, 6.07) is -0.889. The molecule has 1 amide bonds. The van der Waals surface area contributed by atoms with Crippen LogP contribution in [-0.2, 0) is 18.4 Å². The Hall–Kier alpha value is -1.02. The molecule has 0 aliphatic heterocycles. The van der Waals surface area contributed by atoms with E-state index >= 15 is 0 Å². The molecule has 0 saturated heterocycles. The topological polar surface area (TPSA) is 108 Å². The summed E-state index contributed by atoms with van der Waals surface area (Å²) in [5, 5.41) is 13.9. The molecule has 9 heteroatoms. The Labute approximate surface area is 424 Å². The van der Waals surface area contributed by atoms with Crippen molar-refractivity contribution in [3.05, 3.63) is 24.3 Å². The largest absolute Gasteiger partial charge is 0.756 e. The Morgan fingerprint density at radius 2 is 0.809 bits per heavy atom. The lowest BCUT2D eigenvalue weighted by molar-refractivity contribution is -0.870. The average Bonchev–Trinajstić information content (AvgIpc) is 3.30. The first-order valence-corrected chi connectivity index (χ1v) is 31.2. The Morgan fingerprint density at radius 1 is 0.500 bits per heavy atom. The number of carbonyl (C=O) groups is 1. The summed E-state index contributed by atoms with van der Waals surface area (Å²) < 4.78 is 23.3. The Bertz CT molecular complexity index is 1160. The van der Waals surface area contributed by atoms with Gasteiger partial charge in [-0.05, 0) is 44.9 Å². The SMILES string of the molecule is CCCCCCCCC/C=C\CCCCCCCC(=O)NC(COP(=O)([O-])OCC[N+](C)(C)C)C(O)/C=C/CCCCCCCCCCCCCCCCCCCCCCCCCCCCCC. The van der Waals surface area contributed by atoms with Crippen LogP contribution in [0.1, 0.15) is 296 Å². The molecular weight excluding hydrogens is 864 g/mol.